The van der Waals surface area contributed by atoms with E-state index in [1.807, 2.05) is 6.92 Å². The van der Waals surface area contributed by atoms with E-state index in [1.165, 1.54) is 0 Å². The van der Waals surface area contributed by atoms with Crippen LogP contribution >= 0.6 is 0 Å². The van der Waals surface area contributed by atoms with Gasteiger partial charge >= 0.3 is 0 Å². The molecule has 5 nitrogen and oxygen atoms in total. The first-order valence-corrected chi connectivity index (χ1v) is 5.15. The molecule has 1 aromatic heterocycles. The number of aromatic nitrogens is 3. The SMILES string of the molecule is CCc1c(CC#N)nnn1CCC(C)O. The van der Waals surface area contributed by atoms with Gasteiger partial charge in [-0.05, 0) is 19.8 Å². The number of aliphatic hydroxyl groups is 1. The lowest BCUT2D eigenvalue weighted by atomic mass is 10.2. The zero-order valence-corrected chi connectivity index (χ0v) is 9.14. The Morgan fingerprint density at radius 3 is 2.87 bits per heavy atom. The van der Waals surface area contributed by atoms with E-state index in [0.29, 0.717) is 19.4 Å². The summed E-state index contributed by atoms with van der Waals surface area (Å²) in [7, 11) is 0. The molecular formula is C10H16N4O. The van der Waals surface area contributed by atoms with Crippen LogP contribution in [0.2, 0.25) is 0 Å². The van der Waals surface area contributed by atoms with Crippen LogP contribution in [-0.2, 0) is 19.4 Å². The van der Waals surface area contributed by atoms with Gasteiger partial charge in [-0.3, -0.25) is 0 Å². The highest BCUT2D eigenvalue weighted by Gasteiger charge is 2.10. The molecule has 0 aliphatic carbocycles. The monoisotopic (exact) mass is 208 g/mol. The Morgan fingerprint density at radius 1 is 1.60 bits per heavy atom. The van der Waals surface area contributed by atoms with Crippen molar-refractivity contribution in [2.24, 2.45) is 0 Å². The van der Waals surface area contributed by atoms with Crippen molar-refractivity contribution >= 4 is 0 Å². The molecule has 1 atom stereocenters. The Bertz CT molecular complexity index is 351. The smallest absolute Gasteiger partial charge is 0.0999 e. The van der Waals surface area contributed by atoms with E-state index in [0.717, 1.165) is 17.8 Å². The summed E-state index contributed by atoms with van der Waals surface area (Å²) in [4.78, 5) is 0. The van der Waals surface area contributed by atoms with Crippen LogP contribution in [0.3, 0.4) is 0 Å². The highest BCUT2D eigenvalue weighted by atomic mass is 16.3. The summed E-state index contributed by atoms with van der Waals surface area (Å²) in [5, 5.41) is 25.7. The maximum Gasteiger partial charge on any atom is 0.0999 e. The number of aryl methyl sites for hydroxylation is 1. The normalized spacial score (nSPS) is 12.4. The van der Waals surface area contributed by atoms with Gasteiger partial charge in [0.2, 0.25) is 0 Å². The van der Waals surface area contributed by atoms with E-state index in [-0.39, 0.29) is 6.10 Å². The molecule has 0 radical (unpaired) electrons. The third-order valence-corrected chi connectivity index (χ3v) is 2.26. The van der Waals surface area contributed by atoms with Crippen molar-refractivity contribution in [3.05, 3.63) is 11.4 Å². The Morgan fingerprint density at radius 2 is 2.33 bits per heavy atom. The van der Waals surface area contributed by atoms with Crippen molar-refractivity contribution in [3.8, 4) is 6.07 Å². The zero-order chi connectivity index (χ0) is 11.3. The van der Waals surface area contributed by atoms with Gasteiger partial charge in [-0.2, -0.15) is 5.26 Å². The summed E-state index contributed by atoms with van der Waals surface area (Å²) in [6.45, 7) is 4.41. The van der Waals surface area contributed by atoms with Gasteiger partial charge < -0.3 is 5.11 Å². The zero-order valence-electron chi connectivity index (χ0n) is 9.14. The lowest BCUT2D eigenvalue weighted by molar-refractivity contribution is 0.175. The second kappa shape index (κ2) is 5.47. The van der Waals surface area contributed by atoms with Crippen LogP contribution in [0.25, 0.3) is 0 Å². The van der Waals surface area contributed by atoms with Crippen molar-refractivity contribution in [1.82, 2.24) is 15.0 Å². The van der Waals surface area contributed by atoms with Crippen LogP contribution in [0.1, 0.15) is 31.7 Å². The van der Waals surface area contributed by atoms with Gasteiger partial charge in [-0.25, -0.2) is 4.68 Å². The lowest BCUT2D eigenvalue weighted by Gasteiger charge is -2.06. The molecule has 15 heavy (non-hydrogen) atoms. The van der Waals surface area contributed by atoms with Crippen LogP contribution in [0.4, 0.5) is 0 Å². The van der Waals surface area contributed by atoms with Crippen LogP contribution < -0.4 is 0 Å². The number of rotatable bonds is 5. The van der Waals surface area contributed by atoms with Gasteiger partial charge in [-0.15, -0.1) is 5.10 Å². The molecule has 1 N–H and O–H groups in total. The molecule has 0 aliphatic rings. The molecule has 0 saturated carbocycles. The fourth-order valence-corrected chi connectivity index (χ4v) is 1.46. The summed E-state index contributed by atoms with van der Waals surface area (Å²) >= 11 is 0. The van der Waals surface area contributed by atoms with Crippen molar-refractivity contribution < 1.29 is 5.11 Å². The first-order chi connectivity index (χ1) is 7.19. The van der Waals surface area contributed by atoms with Gasteiger partial charge in [0, 0.05) is 6.54 Å². The van der Waals surface area contributed by atoms with E-state index < -0.39 is 0 Å². The standard InChI is InChI=1S/C10H16N4O/c1-3-10-9(4-6-11)12-13-14(10)7-5-8(2)15/h8,15H,3-5,7H2,1-2H3. The molecule has 0 amide bonds. The second-order valence-electron chi connectivity index (χ2n) is 3.53. The number of nitriles is 1. The molecular weight excluding hydrogens is 192 g/mol. The Labute approximate surface area is 89.3 Å². The maximum absolute atomic E-state index is 9.17. The molecule has 82 valence electrons. The molecule has 0 spiro atoms. The second-order valence-corrected chi connectivity index (χ2v) is 3.53. The van der Waals surface area contributed by atoms with Gasteiger partial charge in [0.1, 0.15) is 0 Å². The van der Waals surface area contributed by atoms with Crippen molar-refractivity contribution in [2.45, 2.75) is 45.8 Å². The molecule has 0 fully saturated rings. The summed E-state index contributed by atoms with van der Waals surface area (Å²) < 4.78 is 1.78. The van der Waals surface area contributed by atoms with Crippen LogP contribution in [0.15, 0.2) is 0 Å². The predicted octanol–water partition coefficient (Wildman–Crippen LogP) is 0.677. The quantitative estimate of drug-likeness (QED) is 0.772. The molecule has 5 heteroatoms. The van der Waals surface area contributed by atoms with E-state index in [2.05, 4.69) is 16.4 Å². The number of nitrogens with zero attached hydrogens (tertiary/aromatic N) is 4. The van der Waals surface area contributed by atoms with E-state index in [4.69, 9.17) is 5.26 Å². The molecule has 0 bridgehead atoms. The maximum atomic E-state index is 9.17. The Kier molecular flexibility index (Phi) is 4.25. The fraction of sp³-hybridized carbons (Fsp3) is 0.700. The largest absolute Gasteiger partial charge is 0.393 e. The van der Waals surface area contributed by atoms with E-state index >= 15 is 0 Å². The summed E-state index contributed by atoms with van der Waals surface area (Å²) in [5.74, 6) is 0. The van der Waals surface area contributed by atoms with Crippen molar-refractivity contribution in [1.29, 1.82) is 5.26 Å². The Balaban J connectivity index is 2.76. The molecule has 0 saturated heterocycles. The fourth-order valence-electron chi connectivity index (χ4n) is 1.46. The first-order valence-electron chi connectivity index (χ1n) is 5.15. The minimum atomic E-state index is -0.335. The topological polar surface area (TPSA) is 74.7 Å². The van der Waals surface area contributed by atoms with Crippen LogP contribution in [0.5, 0.6) is 0 Å². The first kappa shape index (κ1) is 11.7. The highest BCUT2D eigenvalue weighted by molar-refractivity contribution is 5.14. The van der Waals surface area contributed by atoms with Gasteiger partial charge in [0.15, 0.2) is 0 Å². The van der Waals surface area contributed by atoms with Crippen LogP contribution in [-0.4, -0.2) is 26.2 Å². The molecule has 1 aromatic rings. The Hall–Kier alpha value is -1.41. The number of hydrogen-bond donors (Lipinski definition) is 1. The molecule has 0 aromatic carbocycles. The third-order valence-electron chi connectivity index (χ3n) is 2.26. The van der Waals surface area contributed by atoms with E-state index in [1.54, 1.807) is 11.6 Å². The average Bonchev–Trinajstić information content (AvgIpc) is 2.58. The van der Waals surface area contributed by atoms with Crippen LogP contribution in [0, 0.1) is 11.3 Å². The molecule has 1 unspecified atom stereocenters. The van der Waals surface area contributed by atoms with Crippen molar-refractivity contribution in [2.75, 3.05) is 0 Å². The molecule has 1 rings (SSSR count). The minimum Gasteiger partial charge on any atom is -0.393 e. The minimum absolute atomic E-state index is 0.303. The number of hydrogen-bond acceptors (Lipinski definition) is 4. The van der Waals surface area contributed by atoms with Crippen molar-refractivity contribution in [3.63, 3.8) is 0 Å². The van der Waals surface area contributed by atoms with Gasteiger partial charge in [-0.1, -0.05) is 12.1 Å². The summed E-state index contributed by atoms with van der Waals surface area (Å²) in [5.41, 5.74) is 1.75. The summed E-state index contributed by atoms with van der Waals surface area (Å²) in [6.07, 6.45) is 1.43. The summed E-state index contributed by atoms with van der Waals surface area (Å²) in [6, 6.07) is 2.07. The third kappa shape index (κ3) is 3.03. The molecule has 1 heterocycles. The van der Waals surface area contributed by atoms with E-state index in [9.17, 15) is 5.11 Å². The predicted molar refractivity (Wildman–Crippen MR) is 55.0 cm³/mol. The van der Waals surface area contributed by atoms with Gasteiger partial charge in [0.25, 0.3) is 0 Å². The van der Waals surface area contributed by atoms with Gasteiger partial charge in [0.05, 0.1) is 30.0 Å². The number of aliphatic hydroxyl groups excluding tert-OH is 1. The highest BCUT2D eigenvalue weighted by Crippen LogP contribution is 2.08. The average molecular weight is 208 g/mol. The molecule has 0 aliphatic heterocycles. The lowest BCUT2D eigenvalue weighted by Crippen LogP contribution is -2.11.